The Morgan fingerprint density at radius 3 is 2.56 bits per heavy atom. The molecule has 0 radical (unpaired) electrons. The third kappa shape index (κ3) is 7.57. The van der Waals surface area contributed by atoms with Crippen molar-refractivity contribution in [2.75, 3.05) is 24.6 Å². The summed E-state index contributed by atoms with van der Waals surface area (Å²) in [4.78, 5) is 33.2. The van der Waals surface area contributed by atoms with Crippen molar-refractivity contribution in [1.29, 1.82) is 0 Å². The number of rotatable bonds is 7. The van der Waals surface area contributed by atoms with Gasteiger partial charge in [-0.05, 0) is 75.6 Å². The fraction of sp³-hybridized carbons (Fsp3) is 0.423. The van der Waals surface area contributed by atoms with Crippen molar-refractivity contribution in [3.05, 3.63) is 64.8 Å². The number of aromatic nitrogens is 1. The summed E-state index contributed by atoms with van der Waals surface area (Å²) in [6.07, 6.45) is 5.00. The first-order chi connectivity index (χ1) is 16.1. The molecule has 1 saturated heterocycles. The van der Waals surface area contributed by atoms with Crippen LogP contribution in [-0.4, -0.2) is 53.3 Å². The zero-order valence-corrected chi connectivity index (χ0v) is 20.9. The maximum atomic E-state index is 13.2. The molecule has 3 rings (SSSR count). The summed E-state index contributed by atoms with van der Waals surface area (Å²) in [5.74, 6) is 0.106. The number of nitrogens with zero attached hydrogens (tertiary/aromatic N) is 3. The molecule has 0 aliphatic carbocycles. The van der Waals surface area contributed by atoms with Gasteiger partial charge in [-0.25, -0.2) is 14.6 Å². The van der Waals surface area contributed by atoms with Crippen LogP contribution in [0.5, 0.6) is 0 Å². The molecule has 0 spiro atoms. The molecule has 182 valence electrons. The first-order valence-electron chi connectivity index (χ1n) is 11.4. The van der Waals surface area contributed by atoms with Crippen molar-refractivity contribution in [3.63, 3.8) is 0 Å². The van der Waals surface area contributed by atoms with E-state index in [0.717, 1.165) is 25.1 Å². The second-order valence-corrected chi connectivity index (χ2v) is 9.63. The molecule has 34 heavy (non-hydrogen) atoms. The number of likely N-dealkylation sites (tertiary alicyclic amines) is 1. The van der Waals surface area contributed by atoms with Gasteiger partial charge < -0.3 is 9.47 Å². The van der Waals surface area contributed by atoms with E-state index in [1.807, 2.05) is 51.1 Å². The van der Waals surface area contributed by atoms with E-state index in [0.29, 0.717) is 24.0 Å². The second kappa shape index (κ2) is 11.5. The number of hydrogen-bond donors (Lipinski definition) is 0. The summed E-state index contributed by atoms with van der Waals surface area (Å²) in [6.45, 7) is 9.96. The Balaban J connectivity index is 1.75. The van der Waals surface area contributed by atoms with Crippen molar-refractivity contribution in [1.82, 2.24) is 9.88 Å². The van der Waals surface area contributed by atoms with E-state index in [2.05, 4.69) is 9.88 Å². The Morgan fingerprint density at radius 1 is 1.21 bits per heavy atom. The lowest BCUT2D eigenvalue weighted by molar-refractivity contribution is -0.137. The molecule has 1 atom stereocenters. The summed E-state index contributed by atoms with van der Waals surface area (Å²) in [5, 5.41) is 0.714. The topological polar surface area (TPSA) is 72.0 Å². The lowest BCUT2D eigenvalue weighted by Gasteiger charge is -2.31. The quantitative estimate of drug-likeness (QED) is 0.390. The molecule has 8 heteroatoms. The smallest absolute Gasteiger partial charge is 0.416 e. The number of carbonyl (C=O) groups is 2. The Labute approximate surface area is 206 Å². The minimum atomic E-state index is -0.626. The van der Waals surface area contributed by atoms with Gasteiger partial charge in [0, 0.05) is 36.9 Å². The van der Waals surface area contributed by atoms with E-state index in [-0.39, 0.29) is 6.04 Å². The van der Waals surface area contributed by atoms with Gasteiger partial charge in [0.15, 0.2) is 0 Å². The van der Waals surface area contributed by atoms with Crippen LogP contribution in [0.2, 0.25) is 5.02 Å². The average Bonchev–Trinajstić information content (AvgIpc) is 3.22. The van der Waals surface area contributed by atoms with Gasteiger partial charge in [0.25, 0.3) is 0 Å². The van der Waals surface area contributed by atoms with Crippen LogP contribution in [0.15, 0.2) is 48.7 Å². The Hall–Kier alpha value is -2.90. The molecule has 0 unspecified atom stereocenters. The number of hydrogen-bond acceptors (Lipinski definition) is 6. The highest BCUT2D eigenvalue weighted by atomic mass is 35.5. The minimum Gasteiger partial charge on any atom is -0.463 e. The van der Waals surface area contributed by atoms with Crippen LogP contribution in [-0.2, 0) is 20.8 Å². The highest BCUT2D eigenvalue weighted by Crippen LogP contribution is 2.26. The number of esters is 1. The van der Waals surface area contributed by atoms with Crippen LogP contribution >= 0.6 is 11.6 Å². The van der Waals surface area contributed by atoms with Gasteiger partial charge in [0.1, 0.15) is 11.4 Å². The van der Waals surface area contributed by atoms with E-state index in [1.165, 1.54) is 11.6 Å². The number of halogens is 1. The Kier molecular flexibility index (Phi) is 8.69. The van der Waals surface area contributed by atoms with Gasteiger partial charge in [-0.3, -0.25) is 9.80 Å². The number of amides is 1. The van der Waals surface area contributed by atoms with Crippen LogP contribution < -0.4 is 4.90 Å². The molecule has 1 aliphatic rings. The summed E-state index contributed by atoms with van der Waals surface area (Å²) in [7, 11) is 0. The monoisotopic (exact) mass is 485 g/mol. The zero-order valence-electron chi connectivity index (χ0n) is 20.2. The minimum absolute atomic E-state index is 0.0735. The van der Waals surface area contributed by atoms with Gasteiger partial charge in [0.05, 0.1) is 12.6 Å². The van der Waals surface area contributed by atoms with E-state index >= 15 is 0 Å². The molecule has 1 aliphatic heterocycles. The molecule has 1 aromatic heterocycles. The first kappa shape index (κ1) is 25.7. The molecule has 1 fully saturated rings. The Bertz CT molecular complexity index is 1000. The van der Waals surface area contributed by atoms with Crippen LogP contribution in [0.1, 0.15) is 45.2 Å². The second-order valence-electron chi connectivity index (χ2n) is 9.19. The molecule has 1 aromatic carbocycles. The molecule has 2 aromatic rings. The summed E-state index contributed by atoms with van der Waals surface area (Å²) < 4.78 is 10.6. The van der Waals surface area contributed by atoms with E-state index in [4.69, 9.17) is 21.1 Å². The van der Waals surface area contributed by atoms with Crippen LogP contribution in [0.25, 0.3) is 6.08 Å². The number of ether oxygens (including phenoxy) is 2. The highest BCUT2D eigenvalue weighted by molar-refractivity contribution is 6.30. The molecule has 2 heterocycles. The van der Waals surface area contributed by atoms with Crippen LogP contribution in [0.4, 0.5) is 10.6 Å². The van der Waals surface area contributed by atoms with Gasteiger partial charge in [-0.2, -0.15) is 0 Å². The fourth-order valence-corrected chi connectivity index (χ4v) is 3.87. The summed E-state index contributed by atoms with van der Waals surface area (Å²) in [6, 6.07) is 11.3. The number of carbonyl (C=O) groups excluding carboxylic acids is 2. The lowest BCUT2D eigenvalue weighted by atomic mass is 10.2. The third-order valence-corrected chi connectivity index (χ3v) is 5.49. The third-order valence-electron chi connectivity index (χ3n) is 5.24. The highest BCUT2D eigenvalue weighted by Gasteiger charge is 2.35. The maximum absolute atomic E-state index is 13.2. The molecule has 0 N–H and O–H groups in total. The molecular formula is C26H32ClN3O4. The van der Waals surface area contributed by atoms with Crippen molar-refractivity contribution >= 4 is 35.6 Å². The SMILES string of the molecule is CCOC(=O)/C=C/c1ccc(N(C(=O)OC(C)(C)C)[C@@H]2CCN(Cc3ccc(Cl)cc3)C2)nc1. The molecule has 7 nitrogen and oxygen atoms in total. The van der Waals surface area contributed by atoms with Crippen molar-refractivity contribution in [2.45, 2.75) is 52.3 Å². The summed E-state index contributed by atoms with van der Waals surface area (Å²) in [5.41, 5.74) is 1.28. The van der Waals surface area contributed by atoms with Gasteiger partial charge in [-0.15, -0.1) is 0 Å². The zero-order chi connectivity index (χ0) is 24.7. The van der Waals surface area contributed by atoms with Crippen LogP contribution in [0.3, 0.4) is 0 Å². The molecular weight excluding hydrogens is 454 g/mol. The fourth-order valence-electron chi connectivity index (χ4n) is 3.75. The average molecular weight is 486 g/mol. The van der Waals surface area contributed by atoms with Gasteiger partial charge in [-0.1, -0.05) is 23.7 Å². The lowest BCUT2D eigenvalue weighted by Crippen LogP contribution is -2.45. The van der Waals surface area contributed by atoms with Gasteiger partial charge in [0.2, 0.25) is 0 Å². The van der Waals surface area contributed by atoms with E-state index in [9.17, 15) is 9.59 Å². The number of pyridine rings is 1. The molecule has 0 saturated carbocycles. The first-order valence-corrected chi connectivity index (χ1v) is 11.8. The van der Waals surface area contributed by atoms with Crippen molar-refractivity contribution in [2.24, 2.45) is 0 Å². The predicted molar refractivity (Wildman–Crippen MR) is 134 cm³/mol. The standard InChI is InChI=1S/C26H32ClN3O4/c1-5-33-24(31)13-9-19-8-12-23(28-16-19)30(25(32)34-26(2,3)4)22-14-15-29(18-22)17-20-6-10-21(27)11-7-20/h6-13,16,22H,5,14-15,17-18H2,1-4H3/b13-9+/t22-/m1/s1. The van der Waals surface area contributed by atoms with E-state index in [1.54, 1.807) is 30.2 Å². The largest absolute Gasteiger partial charge is 0.463 e. The van der Waals surface area contributed by atoms with Gasteiger partial charge >= 0.3 is 12.1 Å². The Morgan fingerprint density at radius 2 is 1.94 bits per heavy atom. The summed E-state index contributed by atoms with van der Waals surface area (Å²) >= 11 is 6.00. The molecule has 1 amide bonds. The number of benzene rings is 1. The van der Waals surface area contributed by atoms with Crippen molar-refractivity contribution in [3.8, 4) is 0 Å². The van der Waals surface area contributed by atoms with Crippen molar-refractivity contribution < 1.29 is 19.1 Å². The normalized spacial score (nSPS) is 16.6. The molecule has 0 bridgehead atoms. The van der Waals surface area contributed by atoms with E-state index < -0.39 is 17.7 Å². The number of anilines is 1. The predicted octanol–water partition coefficient (Wildman–Crippen LogP) is 5.33. The van der Waals surface area contributed by atoms with Crippen LogP contribution in [0, 0.1) is 0 Å². The maximum Gasteiger partial charge on any atom is 0.416 e.